The minimum absolute atomic E-state index is 0.0932. The Bertz CT molecular complexity index is 732. The number of amides is 2. The smallest absolute Gasteiger partial charge is 0.414 e. The molecule has 2 amide bonds. The molecule has 1 N–H and O–H groups in total. The van der Waals surface area contributed by atoms with Crippen molar-refractivity contribution in [3.05, 3.63) is 24.0 Å². The van der Waals surface area contributed by atoms with Gasteiger partial charge in [0.1, 0.15) is 11.9 Å². The van der Waals surface area contributed by atoms with Crippen LogP contribution in [-0.4, -0.2) is 64.3 Å². The van der Waals surface area contributed by atoms with Crippen molar-refractivity contribution in [3.63, 3.8) is 0 Å². The first-order chi connectivity index (χ1) is 13.4. The number of alkyl carbamates (subject to hydrolysis) is 1. The summed E-state index contributed by atoms with van der Waals surface area (Å²) < 4.78 is 30.2. The molecule has 28 heavy (non-hydrogen) atoms. The zero-order chi connectivity index (χ0) is 20.3. The summed E-state index contributed by atoms with van der Waals surface area (Å²) in [5, 5.41) is 2.48. The van der Waals surface area contributed by atoms with Gasteiger partial charge >= 0.3 is 12.2 Å². The number of likely N-dealkylation sites (N-methyl/N-ethyl adjacent to an activating group) is 1. The molecule has 1 aromatic carbocycles. The fourth-order valence-electron chi connectivity index (χ4n) is 3.50. The van der Waals surface area contributed by atoms with Gasteiger partial charge in [0.25, 0.3) is 0 Å². The minimum atomic E-state index is -0.603. The van der Waals surface area contributed by atoms with E-state index in [4.69, 9.17) is 9.47 Å². The molecule has 2 fully saturated rings. The largest absolute Gasteiger partial charge is 0.453 e. The van der Waals surface area contributed by atoms with Gasteiger partial charge in [0.05, 0.1) is 43.8 Å². The highest BCUT2D eigenvalue weighted by molar-refractivity contribution is 5.90. The van der Waals surface area contributed by atoms with Crippen LogP contribution in [0.2, 0.25) is 0 Å². The summed E-state index contributed by atoms with van der Waals surface area (Å²) in [4.78, 5) is 26.4. The number of benzene rings is 1. The van der Waals surface area contributed by atoms with Crippen molar-refractivity contribution in [1.29, 1.82) is 0 Å². The van der Waals surface area contributed by atoms with Crippen molar-refractivity contribution in [3.8, 4) is 0 Å². The molecule has 9 heteroatoms. The number of hydrogen-bond acceptors (Lipinski definition) is 6. The van der Waals surface area contributed by atoms with E-state index in [0.29, 0.717) is 17.9 Å². The van der Waals surface area contributed by atoms with E-state index >= 15 is 0 Å². The van der Waals surface area contributed by atoms with Gasteiger partial charge in [-0.1, -0.05) is 0 Å². The number of methoxy groups -OCH3 is 1. The van der Waals surface area contributed by atoms with E-state index in [0.717, 1.165) is 12.8 Å². The Kier molecular flexibility index (Phi) is 6.23. The standard InChI is InChI=1S/C19H26FN3O5/c1-12-4-6-14(27-12)10-22(2)17-7-5-13(8-16(17)20)23-11-15(28-19(23)25)9-21-18(24)26-3/h5,7-8,12,14-15H,4,6,9-11H2,1-3H3,(H,21,24)/t12?,14?,15-/m0/s1. The Balaban J connectivity index is 1.61. The summed E-state index contributed by atoms with van der Waals surface area (Å²) in [5.41, 5.74) is 0.856. The van der Waals surface area contributed by atoms with Gasteiger partial charge in [0.2, 0.25) is 0 Å². The second kappa shape index (κ2) is 8.64. The van der Waals surface area contributed by atoms with Gasteiger partial charge in [-0.05, 0) is 38.0 Å². The number of nitrogens with one attached hydrogen (secondary N) is 1. The second-order valence-corrected chi connectivity index (χ2v) is 7.15. The summed E-state index contributed by atoms with van der Waals surface area (Å²) >= 11 is 0. The third kappa shape index (κ3) is 4.64. The molecule has 2 saturated heterocycles. The van der Waals surface area contributed by atoms with Crippen LogP contribution in [0.15, 0.2) is 18.2 Å². The molecule has 2 aliphatic heterocycles. The van der Waals surface area contributed by atoms with Crippen LogP contribution < -0.4 is 15.1 Å². The van der Waals surface area contributed by atoms with Crippen molar-refractivity contribution in [2.45, 2.75) is 38.1 Å². The number of nitrogens with zero attached hydrogens (tertiary/aromatic N) is 2. The molecule has 0 aliphatic carbocycles. The van der Waals surface area contributed by atoms with Crippen LogP contribution in [-0.2, 0) is 14.2 Å². The minimum Gasteiger partial charge on any atom is -0.453 e. The first-order valence-corrected chi connectivity index (χ1v) is 9.33. The van der Waals surface area contributed by atoms with Crippen LogP contribution in [0.25, 0.3) is 0 Å². The third-order valence-corrected chi connectivity index (χ3v) is 4.99. The van der Waals surface area contributed by atoms with E-state index in [9.17, 15) is 14.0 Å². The number of cyclic esters (lactones) is 1. The van der Waals surface area contributed by atoms with Crippen LogP contribution in [0.3, 0.4) is 0 Å². The summed E-state index contributed by atoms with van der Waals surface area (Å²) in [6.45, 7) is 2.98. The SMILES string of the molecule is COC(=O)NC[C@H]1CN(c2ccc(N(C)CC3CCC(C)O3)c(F)c2)C(=O)O1. The summed E-state index contributed by atoms with van der Waals surface area (Å²) in [6.07, 6.45) is 0.608. The normalized spacial score (nSPS) is 24.2. The first-order valence-electron chi connectivity index (χ1n) is 9.33. The van der Waals surface area contributed by atoms with Crippen LogP contribution in [0, 0.1) is 5.82 Å². The predicted octanol–water partition coefficient (Wildman–Crippen LogP) is 2.51. The fraction of sp³-hybridized carbons (Fsp3) is 0.579. The third-order valence-electron chi connectivity index (χ3n) is 4.99. The molecule has 0 bridgehead atoms. The fourth-order valence-corrected chi connectivity index (χ4v) is 3.50. The monoisotopic (exact) mass is 395 g/mol. The van der Waals surface area contributed by atoms with Crippen LogP contribution in [0.1, 0.15) is 19.8 Å². The Hall–Kier alpha value is -2.55. The van der Waals surface area contributed by atoms with E-state index in [2.05, 4.69) is 10.1 Å². The molecular weight excluding hydrogens is 369 g/mol. The number of rotatable bonds is 6. The summed E-state index contributed by atoms with van der Waals surface area (Å²) in [7, 11) is 3.08. The predicted molar refractivity (Wildman–Crippen MR) is 101 cm³/mol. The maximum absolute atomic E-state index is 14.7. The highest BCUT2D eigenvalue weighted by Gasteiger charge is 2.33. The molecule has 0 saturated carbocycles. The average molecular weight is 395 g/mol. The van der Waals surface area contributed by atoms with Crippen LogP contribution in [0.4, 0.5) is 25.4 Å². The summed E-state index contributed by atoms with van der Waals surface area (Å²) in [5.74, 6) is -0.421. The van der Waals surface area contributed by atoms with Crippen molar-refractivity contribution in [2.24, 2.45) is 0 Å². The Morgan fingerprint density at radius 1 is 1.39 bits per heavy atom. The average Bonchev–Trinajstić information content (AvgIpc) is 3.24. The lowest BCUT2D eigenvalue weighted by atomic mass is 10.2. The molecule has 0 spiro atoms. The van der Waals surface area contributed by atoms with Gasteiger partial charge in [0.15, 0.2) is 0 Å². The van der Waals surface area contributed by atoms with E-state index in [1.807, 2.05) is 18.9 Å². The highest BCUT2D eigenvalue weighted by atomic mass is 19.1. The molecule has 2 heterocycles. The zero-order valence-electron chi connectivity index (χ0n) is 16.3. The van der Waals surface area contributed by atoms with Gasteiger partial charge in [-0.3, -0.25) is 4.90 Å². The van der Waals surface area contributed by atoms with Crippen molar-refractivity contribution in [2.75, 3.05) is 43.6 Å². The topological polar surface area (TPSA) is 80.3 Å². The zero-order valence-corrected chi connectivity index (χ0v) is 16.3. The number of ether oxygens (including phenoxy) is 3. The number of halogens is 1. The molecule has 3 rings (SSSR count). The van der Waals surface area contributed by atoms with E-state index in [1.54, 1.807) is 12.1 Å². The van der Waals surface area contributed by atoms with Gasteiger partial charge in [-0.2, -0.15) is 0 Å². The first kappa shape index (κ1) is 20.2. The number of anilines is 2. The highest BCUT2D eigenvalue weighted by Crippen LogP contribution is 2.28. The lowest BCUT2D eigenvalue weighted by Crippen LogP contribution is -2.34. The molecule has 2 unspecified atom stereocenters. The maximum Gasteiger partial charge on any atom is 0.414 e. The second-order valence-electron chi connectivity index (χ2n) is 7.15. The van der Waals surface area contributed by atoms with Crippen molar-refractivity contribution >= 4 is 23.6 Å². The molecule has 0 aromatic heterocycles. The molecule has 0 radical (unpaired) electrons. The van der Waals surface area contributed by atoms with Crippen LogP contribution in [0.5, 0.6) is 0 Å². The Morgan fingerprint density at radius 2 is 2.18 bits per heavy atom. The molecule has 8 nitrogen and oxygen atoms in total. The lowest BCUT2D eigenvalue weighted by Gasteiger charge is -2.24. The van der Waals surface area contributed by atoms with E-state index in [-0.39, 0.29) is 25.3 Å². The van der Waals surface area contributed by atoms with Crippen molar-refractivity contribution < 1.29 is 28.2 Å². The van der Waals surface area contributed by atoms with E-state index < -0.39 is 24.1 Å². The van der Waals surface area contributed by atoms with Crippen molar-refractivity contribution in [1.82, 2.24) is 5.32 Å². The van der Waals surface area contributed by atoms with Gasteiger partial charge in [-0.15, -0.1) is 0 Å². The number of carbonyl (C=O) groups is 2. The molecule has 154 valence electrons. The molecule has 2 aliphatic rings. The Morgan fingerprint density at radius 3 is 2.82 bits per heavy atom. The maximum atomic E-state index is 14.7. The number of hydrogen-bond donors (Lipinski definition) is 1. The van der Waals surface area contributed by atoms with Gasteiger partial charge in [0, 0.05) is 13.6 Å². The number of carbonyl (C=O) groups excluding carboxylic acids is 2. The van der Waals surface area contributed by atoms with Crippen LogP contribution >= 0.6 is 0 Å². The summed E-state index contributed by atoms with van der Waals surface area (Å²) in [6, 6.07) is 4.65. The quantitative estimate of drug-likeness (QED) is 0.797. The molecular formula is C19H26FN3O5. The molecule has 1 aromatic rings. The van der Waals surface area contributed by atoms with Gasteiger partial charge in [-0.25, -0.2) is 14.0 Å². The van der Waals surface area contributed by atoms with E-state index in [1.165, 1.54) is 18.1 Å². The molecule has 3 atom stereocenters. The Labute approximate surface area is 163 Å². The lowest BCUT2D eigenvalue weighted by molar-refractivity contribution is 0.0606. The van der Waals surface area contributed by atoms with Gasteiger partial charge < -0.3 is 24.4 Å².